The summed E-state index contributed by atoms with van der Waals surface area (Å²) in [7, 11) is 0. The third-order valence-corrected chi connectivity index (χ3v) is 7.43. The van der Waals surface area contributed by atoms with Gasteiger partial charge < -0.3 is 0 Å². The third kappa shape index (κ3) is 2.70. The van der Waals surface area contributed by atoms with Crippen LogP contribution in [-0.2, 0) is 6.42 Å². The molecule has 14 heavy (non-hydrogen) atoms. The molecule has 0 bridgehead atoms. The molecule has 0 amide bonds. The number of benzene rings is 1. The summed E-state index contributed by atoms with van der Waals surface area (Å²) in [6, 6.07) is 13.3. The van der Waals surface area contributed by atoms with Gasteiger partial charge in [0.15, 0.2) is 0 Å². The van der Waals surface area contributed by atoms with Crippen LogP contribution in [0.25, 0.3) is 0 Å². The van der Waals surface area contributed by atoms with Gasteiger partial charge in [0.25, 0.3) is 0 Å². The van der Waals surface area contributed by atoms with Crippen molar-refractivity contribution in [2.24, 2.45) is 0 Å². The standard InChI is InChI=1S/C12H11S.Ra.H/c1-10-7-8-12(13-10)9-11-5-3-2-4-6-11;;/h2-5,7-8H,9H2,1H3;;. The average Bonchev–Trinajstić information content (AvgIpc) is 2.56. The Kier molecular flexibility index (Phi) is 3.84. The molecule has 0 spiro atoms. The summed E-state index contributed by atoms with van der Waals surface area (Å²) in [6.45, 7) is 2.17. The van der Waals surface area contributed by atoms with Gasteiger partial charge in [-0.15, -0.1) is 0 Å². The number of hydrogen-bond acceptors (Lipinski definition) is 1. The van der Waals surface area contributed by atoms with Crippen LogP contribution in [0.15, 0.2) is 36.4 Å². The summed E-state index contributed by atoms with van der Waals surface area (Å²) >= 11 is 2.39. The molecule has 2 rings (SSSR count). The Morgan fingerprint density at radius 1 is 1.14 bits per heavy atom. The van der Waals surface area contributed by atoms with Gasteiger partial charge in [-0.1, -0.05) is 0 Å². The maximum absolute atomic E-state index is 2.28. The Bertz CT molecular complexity index is 431. The molecule has 2 heteroatoms. The molecule has 0 aliphatic rings. The Hall–Kier alpha value is 0.388. The minimum atomic E-state index is 0.476. The number of aryl methyl sites for hydroxylation is 1. The quantitative estimate of drug-likeness (QED) is 0.709. The molecule has 0 unspecified atom stereocenters. The summed E-state index contributed by atoms with van der Waals surface area (Å²) in [5.41, 5.74) is 1.54. The molecule has 68 valence electrons. The molecule has 0 nitrogen and oxygen atoms in total. The summed E-state index contributed by atoms with van der Waals surface area (Å²) in [5, 5.41) is 0. The Morgan fingerprint density at radius 2 is 1.93 bits per heavy atom. The van der Waals surface area contributed by atoms with E-state index in [-0.39, 0.29) is 0 Å². The zero-order chi connectivity index (χ0) is 9.97. The number of thiophene rings is 1. The van der Waals surface area contributed by atoms with Gasteiger partial charge in [-0.25, -0.2) is 0 Å². The van der Waals surface area contributed by atoms with Crippen molar-refractivity contribution in [1.82, 2.24) is 0 Å². The molecule has 1 aromatic heterocycles. The van der Waals surface area contributed by atoms with Crippen LogP contribution in [-0.4, -0.2) is 0 Å². The Balaban J connectivity index is 2.23. The van der Waals surface area contributed by atoms with E-state index in [4.69, 9.17) is 0 Å². The van der Waals surface area contributed by atoms with E-state index in [1.807, 2.05) is 11.3 Å². The van der Waals surface area contributed by atoms with Crippen LogP contribution in [0.3, 0.4) is 0 Å². The first-order valence-corrected chi connectivity index (χ1v) is 9.78. The molecular formula is C12H12RaS. The first-order valence-electron chi connectivity index (χ1n) is 4.85. The average molecular weight is 414 g/mol. The van der Waals surface area contributed by atoms with Gasteiger partial charge in [-0.05, 0) is 0 Å². The van der Waals surface area contributed by atoms with Gasteiger partial charge >= 0.3 is 120 Å². The Morgan fingerprint density at radius 3 is 2.57 bits per heavy atom. The fourth-order valence-corrected chi connectivity index (χ4v) is 4.69. The molecule has 0 atom stereocenters. The summed E-state index contributed by atoms with van der Waals surface area (Å²) in [6.07, 6.45) is 1.13. The van der Waals surface area contributed by atoms with E-state index in [2.05, 4.69) is 43.3 Å². The first-order chi connectivity index (χ1) is 6.75. The van der Waals surface area contributed by atoms with E-state index in [9.17, 15) is 0 Å². The molecule has 1 aromatic carbocycles. The van der Waals surface area contributed by atoms with E-state index >= 15 is 0 Å². The van der Waals surface area contributed by atoms with Crippen molar-refractivity contribution in [2.75, 3.05) is 0 Å². The second-order valence-electron chi connectivity index (χ2n) is 3.62. The van der Waals surface area contributed by atoms with Crippen LogP contribution in [0.4, 0.5) is 0 Å². The molecule has 0 saturated heterocycles. The van der Waals surface area contributed by atoms with E-state index in [1.165, 1.54) is 9.75 Å². The van der Waals surface area contributed by atoms with Crippen molar-refractivity contribution in [3.63, 3.8) is 0 Å². The van der Waals surface area contributed by atoms with Crippen molar-refractivity contribution in [1.29, 1.82) is 0 Å². The number of hydrogen-bond donors (Lipinski definition) is 0. The minimum absolute atomic E-state index is 0.476. The zero-order valence-corrected chi connectivity index (χ0v) is 17.6. The molecule has 0 saturated carbocycles. The molecule has 0 aliphatic carbocycles. The summed E-state index contributed by atoms with van der Waals surface area (Å²) in [5.74, 6) is 0. The van der Waals surface area contributed by atoms with Gasteiger partial charge in [0.05, 0.1) is 0 Å². The van der Waals surface area contributed by atoms with Gasteiger partial charge in [0.2, 0.25) is 0 Å². The van der Waals surface area contributed by atoms with Crippen molar-refractivity contribution in [3.8, 4) is 0 Å². The van der Waals surface area contributed by atoms with Crippen molar-refractivity contribution >= 4 is 11.9 Å². The van der Waals surface area contributed by atoms with Crippen LogP contribution in [0, 0.1) is 49.7 Å². The molecular weight excluding hydrogens is 402 g/mol. The SMILES string of the molecule is Cc1ccc(Cc2cccc[c]2[RaH])s1. The van der Waals surface area contributed by atoms with Crippen molar-refractivity contribution in [2.45, 2.75) is 13.3 Å². The van der Waals surface area contributed by atoms with Crippen molar-refractivity contribution < 1.29 is 42.8 Å². The third-order valence-electron chi connectivity index (χ3n) is 2.42. The maximum atomic E-state index is 2.28. The van der Waals surface area contributed by atoms with Crippen LogP contribution in [0.1, 0.15) is 15.3 Å². The van der Waals surface area contributed by atoms with Gasteiger partial charge in [0, 0.05) is 0 Å². The van der Waals surface area contributed by atoms with Crippen LogP contribution in [0.5, 0.6) is 0 Å². The predicted molar refractivity (Wildman–Crippen MR) is 59.3 cm³/mol. The topological polar surface area (TPSA) is 0 Å². The fraction of sp³-hybridized carbons (Fsp3) is 0.167. The van der Waals surface area contributed by atoms with Crippen molar-refractivity contribution in [3.05, 3.63) is 51.7 Å². The predicted octanol–water partition coefficient (Wildman–Crippen LogP) is 2.55. The Labute approximate surface area is 118 Å². The van der Waals surface area contributed by atoms with E-state index < -0.39 is 0 Å². The van der Waals surface area contributed by atoms with E-state index in [0.717, 1.165) is 6.42 Å². The molecule has 2 aromatic rings. The monoisotopic (exact) mass is 414 g/mol. The van der Waals surface area contributed by atoms with Crippen LogP contribution in [0.2, 0.25) is 0 Å². The molecule has 0 aliphatic heterocycles. The second kappa shape index (κ2) is 4.94. The van der Waals surface area contributed by atoms with Gasteiger partial charge in [0.1, 0.15) is 0 Å². The zero-order valence-electron chi connectivity index (χ0n) is 8.58. The van der Waals surface area contributed by atoms with E-state index in [1.54, 1.807) is 6.17 Å². The molecule has 0 fully saturated rings. The van der Waals surface area contributed by atoms with E-state index in [0.29, 0.717) is 42.8 Å². The molecule has 0 N–H and O–H groups in total. The molecule has 1 heterocycles. The summed E-state index contributed by atoms with van der Waals surface area (Å²) in [4.78, 5) is 2.91. The number of rotatable bonds is 2. The normalized spacial score (nSPS) is 10.3. The van der Waals surface area contributed by atoms with Gasteiger partial charge in [-0.2, -0.15) is 0 Å². The first kappa shape index (κ1) is 10.9. The van der Waals surface area contributed by atoms with Crippen LogP contribution >= 0.6 is 11.3 Å². The second-order valence-corrected chi connectivity index (χ2v) is 9.42. The summed E-state index contributed by atoms with van der Waals surface area (Å²) < 4.78 is 1.62. The van der Waals surface area contributed by atoms with Crippen LogP contribution < -0.4 is 0.604 Å². The molecule has 0 radical (unpaired) electrons. The van der Waals surface area contributed by atoms with Gasteiger partial charge in [-0.3, -0.25) is 0 Å². The fourth-order valence-electron chi connectivity index (χ4n) is 1.58.